The standard InChI is InChI=1S/C17H24O3/c1-4-20-15-7-5-6-14(12-15)16(18)17(19-3)10-8-13(2)9-11-17/h5-7,12-13H,4,8-11H2,1-3H3. The van der Waals surface area contributed by atoms with E-state index in [1.807, 2.05) is 31.2 Å². The fourth-order valence-electron chi connectivity index (χ4n) is 2.91. The van der Waals surface area contributed by atoms with Gasteiger partial charge in [0.15, 0.2) is 5.78 Å². The molecule has 20 heavy (non-hydrogen) atoms. The van der Waals surface area contributed by atoms with Crippen LogP contribution >= 0.6 is 0 Å². The fraction of sp³-hybridized carbons (Fsp3) is 0.588. The molecule has 0 heterocycles. The van der Waals surface area contributed by atoms with Gasteiger partial charge < -0.3 is 9.47 Å². The predicted octanol–water partition coefficient (Wildman–Crippen LogP) is 3.86. The quantitative estimate of drug-likeness (QED) is 0.766. The second kappa shape index (κ2) is 6.40. The number of hydrogen-bond donors (Lipinski definition) is 0. The highest BCUT2D eigenvalue weighted by Gasteiger charge is 2.41. The minimum atomic E-state index is -0.642. The molecule has 1 saturated carbocycles. The largest absolute Gasteiger partial charge is 0.494 e. The van der Waals surface area contributed by atoms with E-state index in [9.17, 15) is 4.79 Å². The molecular formula is C17H24O3. The first kappa shape index (κ1) is 15.0. The van der Waals surface area contributed by atoms with Gasteiger partial charge in [0.2, 0.25) is 0 Å². The first-order valence-electron chi connectivity index (χ1n) is 7.44. The number of carbonyl (C=O) groups excluding carboxylic acids is 1. The smallest absolute Gasteiger partial charge is 0.194 e. The second-order valence-corrected chi connectivity index (χ2v) is 5.67. The zero-order valence-corrected chi connectivity index (χ0v) is 12.6. The molecule has 0 N–H and O–H groups in total. The van der Waals surface area contributed by atoms with E-state index in [1.165, 1.54) is 0 Å². The lowest BCUT2D eigenvalue weighted by molar-refractivity contribution is -0.0263. The predicted molar refractivity (Wildman–Crippen MR) is 79.3 cm³/mol. The third-order valence-corrected chi connectivity index (χ3v) is 4.29. The highest BCUT2D eigenvalue weighted by Crippen LogP contribution is 2.37. The lowest BCUT2D eigenvalue weighted by atomic mass is 9.75. The minimum Gasteiger partial charge on any atom is -0.494 e. The molecule has 1 aliphatic rings. The summed E-state index contributed by atoms with van der Waals surface area (Å²) >= 11 is 0. The van der Waals surface area contributed by atoms with Crippen molar-refractivity contribution in [2.75, 3.05) is 13.7 Å². The molecule has 0 bridgehead atoms. The summed E-state index contributed by atoms with van der Waals surface area (Å²) in [6.45, 7) is 4.78. The zero-order valence-electron chi connectivity index (χ0n) is 12.6. The van der Waals surface area contributed by atoms with Crippen LogP contribution in [0.15, 0.2) is 24.3 Å². The maximum Gasteiger partial charge on any atom is 0.194 e. The van der Waals surface area contributed by atoms with E-state index in [0.717, 1.165) is 31.4 Å². The number of carbonyl (C=O) groups is 1. The molecule has 110 valence electrons. The summed E-state index contributed by atoms with van der Waals surface area (Å²) in [5.74, 6) is 1.52. The molecular weight excluding hydrogens is 252 g/mol. The van der Waals surface area contributed by atoms with Crippen LogP contribution in [0.4, 0.5) is 0 Å². The molecule has 0 amide bonds. The zero-order chi connectivity index (χ0) is 14.6. The summed E-state index contributed by atoms with van der Waals surface area (Å²) in [7, 11) is 1.65. The summed E-state index contributed by atoms with van der Waals surface area (Å²) in [6, 6.07) is 7.42. The summed E-state index contributed by atoms with van der Waals surface area (Å²) in [6.07, 6.45) is 3.71. The van der Waals surface area contributed by atoms with Crippen molar-refractivity contribution in [2.45, 2.75) is 45.1 Å². The van der Waals surface area contributed by atoms with Crippen molar-refractivity contribution in [2.24, 2.45) is 5.92 Å². The molecule has 0 radical (unpaired) electrons. The Bertz CT molecular complexity index is 459. The number of benzene rings is 1. The molecule has 0 atom stereocenters. The molecule has 3 nitrogen and oxygen atoms in total. The molecule has 1 aromatic rings. The molecule has 0 aliphatic heterocycles. The van der Waals surface area contributed by atoms with E-state index < -0.39 is 5.60 Å². The SMILES string of the molecule is CCOc1cccc(C(=O)C2(OC)CCC(C)CC2)c1. The van der Waals surface area contributed by atoms with E-state index in [0.29, 0.717) is 18.1 Å². The number of hydrogen-bond acceptors (Lipinski definition) is 3. The Labute approximate surface area is 121 Å². The van der Waals surface area contributed by atoms with Crippen molar-refractivity contribution in [3.05, 3.63) is 29.8 Å². The molecule has 1 aromatic carbocycles. The third kappa shape index (κ3) is 3.04. The van der Waals surface area contributed by atoms with Crippen LogP contribution in [-0.2, 0) is 4.74 Å². The van der Waals surface area contributed by atoms with E-state index in [1.54, 1.807) is 7.11 Å². The maximum absolute atomic E-state index is 12.8. The Hall–Kier alpha value is -1.35. The van der Waals surface area contributed by atoms with Crippen LogP contribution in [0.25, 0.3) is 0 Å². The Morgan fingerprint density at radius 2 is 2.05 bits per heavy atom. The molecule has 0 unspecified atom stereocenters. The van der Waals surface area contributed by atoms with Crippen molar-refractivity contribution in [1.29, 1.82) is 0 Å². The van der Waals surface area contributed by atoms with Crippen LogP contribution in [0.3, 0.4) is 0 Å². The van der Waals surface area contributed by atoms with Crippen LogP contribution in [0.5, 0.6) is 5.75 Å². The molecule has 1 fully saturated rings. The molecule has 1 aliphatic carbocycles. The molecule has 3 heteroatoms. The van der Waals surface area contributed by atoms with E-state index in [2.05, 4.69) is 6.92 Å². The monoisotopic (exact) mass is 276 g/mol. The number of methoxy groups -OCH3 is 1. The number of rotatable bonds is 5. The van der Waals surface area contributed by atoms with Gasteiger partial charge in [-0.2, -0.15) is 0 Å². The normalized spacial score (nSPS) is 26.2. The van der Waals surface area contributed by atoms with Crippen LogP contribution < -0.4 is 4.74 Å². The van der Waals surface area contributed by atoms with Gasteiger partial charge >= 0.3 is 0 Å². The van der Waals surface area contributed by atoms with Crippen LogP contribution in [0, 0.1) is 5.92 Å². The molecule has 2 rings (SSSR count). The third-order valence-electron chi connectivity index (χ3n) is 4.29. The Kier molecular flexibility index (Phi) is 4.81. The van der Waals surface area contributed by atoms with Crippen molar-refractivity contribution >= 4 is 5.78 Å². The van der Waals surface area contributed by atoms with Crippen LogP contribution in [-0.4, -0.2) is 25.1 Å². The van der Waals surface area contributed by atoms with Gasteiger partial charge in [0.05, 0.1) is 6.61 Å². The van der Waals surface area contributed by atoms with Crippen molar-refractivity contribution in [3.63, 3.8) is 0 Å². The summed E-state index contributed by atoms with van der Waals surface area (Å²) in [5, 5.41) is 0. The molecule has 0 aromatic heterocycles. The van der Waals surface area contributed by atoms with Gasteiger partial charge in [-0.25, -0.2) is 0 Å². The number of ether oxygens (including phenoxy) is 2. The maximum atomic E-state index is 12.8. The average Bonchev–Trinajstić information content (AvgIpc) is 2.48. The van der Waals surface area contributed by atoms with E-state index in [-0.39, 0.29) is 5.78 Å². The lowest BCUT2D eigenvalue weighted by Crippen LogP contribution is -2.43. The Morgan fingerprint density at radius 3 is 2.65 bits per heavy atom. The highest BCUT2D eigenvalue weighted by atomic mass is 16.5. The molecule has 0 saturated heterocycles. The van der Waals surface area contributed by atoms with Gasteiger partial charge in [-0.3, -0.25) is 4.79 Å². The lowest BCUT2D eigenvalue weighted by Gasteiger charge is -2.37. The van der Waals surface area contributed by atoms with E-state index >= 15 is 0 Å². The van der Waals surface area contributed by atoms with Gasteiger partial charge in [0, 0.05) is 12.7 Å². The first-order valence-corrected chi connectivity index (χ1v) is 7.44. The molecule has 0 spiro atoms. The highest BCUT2D eigenvalue weighted by molar-refractivity contribution is 6.02. The van der Waals surface area contributed by atoms with Gasteiger partial charge in [-0.1, -0.05) is 19.1 Å². The van der Waals surface area contributed by atoms with Gasteiger partial charge in [0.25, 0.3) is 0 Å². The average molecular weight is 276 g/mol. The topological polar surface area (TPSA) is 35.5 Å². The minimum absolute atomic E-state index is 0.0912. The van der Waals surface area contributed by atoms with E-state index in [4.69, 9.17) is 9.47 Å². The number of ketones is 1. The fourth-order valence-corrected chi connectivity index (χ4v) is 2.91. The second-order valence-electron chi connectivity index (χ2n) is 5.67. The summed E-state index contributed by atoms with van der Waals surface area (Å²) < 4.78 is 11.1. The van der Waals surface area contributed by atoms with Gasteiger partial charge in [0.1, 0.15) is 11.4 Å². The Morgan fingerprint density at radius 1 is 1.35 bits per heavy atom. The van der Waals surface area contributed by atoms with Crippen molar-refractivity contribution in [1.82, 2.24) is 0 Å². The van der Waals surface area contributed by atoms with Crippen molar-refractivity contribution < 1.29 is 14.3 Å². The van der Waals surface area contributed by atoms with Crippen molar-refractivity contribution in [3.8, 4) is 5.75 Å². The number of Topliss-reactive ketones (excluding diaryl/α,β-unsaturated/α-hetero) is 1. The van der Waals surface area contributed by atoms with Gasteiger partial charge in [-0.05, 0) is 50.7 Å². The first-order chi connectivity index (χ1) is 9.61. The van der Waals surface area contributed by atoms with Crippen LogP contribution in [0.2, 0.25) is 0 Å². The Balaban J connectivity index is 2.22. The summed E-state index contributed by atoms with van der Waals surface area (Å²) in [4.78, 5) is 12.8. The summed E-state index contributed by atoms with van der Waals surface area (Å²) in [5.41, 5.74) is 0.0458. The van der Waals surface area contributed by atoms with Gasteiger partial charge in [-0.15, -0.1) is 0 Å². The van der Waals surface area contributed by atoms with Crippen LogP contribution in [0.1, 0.15) is 49.9 Å².